The van der Waals surface area contributed by atoms with Crippen molar-refractivity contribution in [2.24, 2.45) is 0 Å². The summed E-state index contributed by atoms with van der Waals surface area (Å²) >= 11 is 3.39. The number of esters is 1. The molecule has 0 saturated carbocycles. The molecule has 1 amide bonds. The molecule has 0 aromatic carbocycles. The Hall–Kier alpha value is -2.12. The number of nitrogens with zero attached hydrogens (tertiary/aromatic N) is 1. The van der Waals surface area contributed by atoms with E-state index in [1.807, 2.05) is 28.7 Å². The Morgan fingerprint density at radius 1 is 1.41 bits per heavy atom. The molecule has 140 valence electrons. The fraction of sp³-hybridized carbons (Fsp3) is 0.316. The normalized spacial score (nSPS) is 13.6. The number of rotatable bonds is 5. The Labute approximate surface area is 174 Å². The number of fused-ring (bicyclic) bond motifs is 1. The summed E-state index contributed by atoms with van der Waals surface area (Å²) < 4.78 is 11.2. The van der Waals surface area contributed by atoms with E-state index in [-0.39, 0.29) is 12.2 Å². The molecule has 0 fully saturated rings. The zero-order valence-electron chi connectivity index (χ0n) is 14.6. The smallest absolute Gasteiger partial charge is 0.341 e. The van der Waals surface area contributed by atoms with Gasteiger partial charge >= 0.3 is 5.97 Å². The van der Waals surface area contributed by atoms with Crippen molar-refractivity contribution in [2.45, 2.75) is 32.6 Å². The number of hydrogen-bond donors (Lipinski definition) is 1. The van der Waals surface area contributed by atoms with E-state index in [2.05, 4.69) is 5.32 Å². The monoisotopic (exact) mass is 496 g/mol. The molecule has 3 rings (SSSR count). The van der Waals surface area contributed by atoms with Crippen LogP contribution in [-0.4, -0.2) is 18.5 Å². The standard InChI is InChI=1S/C19H17IN2O4S/c1-2-25-19(24)16-13-5-3-4-6-14(13)27-18(16)22-17(23)11(10-21)9-12-7-8-15(20)26-12/h7-9H,2-6H2,1H3,(H,22,23)/b11-9+. The van der Waals surface area contributed by atoms with Gasteiger partial charge in [0.15, 0.2) is 3.77 Å². The van der Waals surface area contributed by atoms with Gasteiger partial charge in [-0.15, -0.1) is 11.3 Å². The van der Waals surface area contributed by atoms with Gasteiger partial charge in [0.1, 0.15) is 22.4 Å². The molecular weight excluding hydrogens is 479 g/mol. The molecule has 0 saturated heterocycles. The van der Waals surface area contributed by atoms with Crippen molar-refractivity contribution in [3.8, 4) is 6.07 Å². The number of nitrogens with one attached hydrogen (secondary N) is 1. The van der Waals surface area contributed by atoms with Gasteiger partial charge in [-0.2, -0.15) is 5.26 Å². The summed E-state index contributed by atoms with van der Waals surface area (Å²) in [5, 5.41) is 12.5. The lowest BCUT2D eigenvalue weighted by atomic mass is 9.95. The van der Waals surface area contributed by atoms with Crippen LogP contribution in [-0.2, 0) is 22.4 Å². The first-order chi connectivity index (χ1) is 13.0. The molecule has 2 aromatic heterocycles. The Bertz CT molecular complexity index is 952. The molecule has 1 N–H and O–H groups in total. The van der Waals surface area contributed by atoms with E-state index in [1.165, 1.54) is 17.4 Å². The van der Waals surface area contributed by atoms with Crippen molar-refractivity contribution < 1.29 is 18.7 Å². The highest BCUT2D eigenvalue weighted by Gasteiger charge is 2.27. The van der Waals surface area contributed by atoms with Crippen LogP contribution >= 0.6 is 33.9 Å². The summed E-state index contributed by atoms with van der Waals surface area (Å²) in [5.74, 6) is -0.592. The third kappa shape index (κ3) is 4.42. The van der Waals surface area contributed by atoms with Crippen molar-refractivity contribution in [1.82, 2.24) is 0 Å². The van der Waals surface area contributed by atoms with Crippen LogP contribution in [0.4, 0.5) is 5.00 Å². The maximum Gasteiger partial charge on any atom is 0.341 e. The number of hydrogen-bond acceptors (Lipinski definition) is 6. The minimum Gasteiger partial charge on any atom is -0.462 e. The molecule has 0 bridgehead atoms. The molecule has 27 heavy (non-hydrogen) atoms. The van der Waals surface area contributed by atoms with Gasteiger partial charge < -0.3 is 14.5 Å². The number of furan rings is 1. The van der Waals surface area contributed by atoms with Crippen LogP contribution in [0, 0.1) is 15.1 Å². The van der Waals surface area contributed by atoms with E-state index in [0.29, 0.717) is 20.1 Å². The summed E-state index contributed by atoms with van der Waals surface area (Å²) in [6, 6.07) is 5.31. The molecule has 0 unspecified atom stereocenters. The Kier molecular flexibility index (Phi) is 6.34. The van der Waals surface area contributed by atoms with Gasteiger partial charge in [-0.1, -0.05) is 0 Å². The lowest BCUT2D eigenvalue weighted by molar-refractivity contribution is -0.112. The summed E-state index contributed by atoms with van der Waals surface area (Å²) in [5.41, 5.74) is 1.29. The predicted molar refractivity (Wildman–Crippen MR) is 111 cm³/mol. The van der Waals surface area contributed by atoms with Crippen LogP contribution in [0.2, 0.25) is 0 Å². The van der Waals surface area contributed by atoms with Crippen molar-refractivity contribution >= 4 is 56.9 Å². The Balaban J connectivity index is 1.91. The average Bonchev–Trinajstić information content (AvgIpc) is 3.22. The van der Waals surface area contributed by atoms with Crippen LogP contribution in [0.15, 0.2) is 22.1 Å². The maximum atomic E-state index is 12.6. The number of nitriles is 1. The number of ether oxygens (including phenoxy) is 1. The number of halogens is 1. The third-order valence-corrected chi connectivity index (χ3v) is 5.91. The number of carbonyl (C=O) groups is 2. The molecule has 0 atom stereocenters. The molecule has 2 aromatic rings. The summed E-state index contributed by atoms with van der Waals surface area (Å²) in [4.78, 5) is 26.2. The van der Waals surface area contributed by atoms with Gasteiger partial charge in [0.25, 0.3) is 5.91 Å². The van der Waals surface area contributed by atoms with E-state index in [0.717, 1.165) is 36.1 Å². The Morgan fingerprint density at radius 3 is 2.85 bits per heavy atom. The molecule has 1 aliphatic rings. The minimum absolute atomic E-state index is 0.0954. The van der Waals surface area contributed by atoms with Gasteiger partial charge in [-0.05, 0) is 72.9 Å². The Morgan fingerprint density at radius 2 is 2.19 bits per heavy atom. The number of anilines is 1. The highest BCUT2D eigenvalue weighted by atomic mass is 127. The molecule has 8 heteroatoms. The first-order valence-electron chi connectivity index (χ1n) is 8.53. The molecule has 0 aliphatic heterocycles. The highest BCUT2D eigenvalue weighted by molar-refractivity contribution is 14.1. The average molecular weight is 496 g/mol. The van der Waals surface area contributed by atoms with E-state index < -0.39 is 11.9 Å². The number of carbonyl (C=O) groups excluding carboxylic acids is 2. The van der Waals surface area contributed by atoms with Crippen LogP contribution < -0.4 is 5.32 Å². The fourth-order valence-electron chi connectivity index (χ4n) is 2.94. The molecule has 1 aliphatic carbocycles. The second-order valence-electron chi connectivity index (χ2n) is 5.90. The summed E-state index contributed by atoms with van der Waals surface area (Å²) in [7, 11) is 0. The SMILES string of the molecule is CCOC(=O)c1c(NC(=O)/C(C#N)=C/c2ccc(I)o2)sc2c1CCCC2. The van der Waals surface area contributed by atoms with E-state index in [9.17, 15) is 14.9 Å². The molecule has 2 heterocycles. The molecule has 0 radical (unpaired) electrons. The largest absolute Gasteiger partial charge is 0.462 e. The first-order valence-corrected chi connectivity index (χ1v) is 10.4. The van der Waals surface area contributed by atoms with Gasteiger partial charge in [-0.3, -0.25) is 4.79 Å². The van der Waals surface area contributed by atoms with Crippen LogP contribution in [0.25, 0.3) is 6.08 Å². The van der Waals surface area contributed by atoms with Crippen LogP contribution in [0.1, 0.15) is 46.3 Å². The van der Waals surface area contributed by atoms with Crippen molar-refractivity contribution in [3.63, 3.8) is 0 Å². The second kappa shape index (κ2) is 8.71. The van der Waals surface area contributed by atoms with Gasteiger partial charge in [0.2, 0.25) is 0 Å². The summed E-state index contributed by atoms with van der Waals surface area (Å²) in [6.45, 7) is 2.01. The van der Waals surface area contributed by atoms with Crippen molar-refractivity contribution in [2.75, 3.05) is 11.9 Å². The van der Waals surface area contributed by atoms with Gasteiger partial charge in [0, 0.05) is 11.0 Å². The lowest BCUT2D eigenvalue weighted by Crippen LogP contribution is -2.16. The fourth-order valence-corrected chi connectivity index (χ4v) is 4.65. The third-order valence-electron chi connectivity index (χ3n) is 4.12. The van der Waals surface area contributed by atoms with E-state index in [4.69, 9.17) is 9.15 Å². The quantitative estimate of drug-likeness (QED) is 0.284. The van der Waals surface area contributed by atoms with E-state index in [1.54, 1.807) is 19.1 Å². The maximum absolute atomic E-state index is 12.6. The second-order valence-corrected chi connectivity index (χ2v) is 8.07. The molecule has 6 nitrogen and oxygen atoms in total. The topological polar surface area (TPSA) is 92.3 Å². The number of aryl methyl sites for hydroxylation is 1. The van der Waals surface area contributed by atoms with Gasteiger partial charge in [-0.25, -0.2) is 4.79 Å². The lowest BCUT2D eigenvalue weighted by Gasteiger charge is -2.12. The number of thiophene rings is 1. The zero-order chi connectivity index (χ0) is 19.4. The van der Waals surface area contributed by atoms with Crippen molar-refractivity contribution in [1.29, 1.82) is 5.26 Å². The molecule has 0 spiro atoms. The zero-order valence-corrected chi connectivity index (χ0v) is 17.6. The minimum atomic E-state index is -0.576. The molecular formula is C19H17IN2O4S. The van der Waals surface area contributed by atoms with Crippen LogP contribution in [0.5, 0.6) is 0 Å². The predicted octanol–water partition coefficient (Wildman–Crippen LogP) is 4.55. The van der Waals surface area contributed by atoms with Crippen LogP contribution in [0.3, 0.4) is 0 Å². The van der Waals surface area contributed by atoms with E-state index >= 15 is 0 Å². The van der Waals surface area contributed by atoms with Crippen molar-refractivity contribution in [3.05, 3.63) is 43.2 Å². The number of amides is 1. The highest BCUT2D eigenvalue weighted by Crippen LogP contribution is 2.38. The summed E-state index contributed by atoms with van der Waals surface area (Å²) in [6.07, 6.45) is 5.12. The van der Waals surface area contributed by atoms with Gasteiger partial charge in [0.05, 0.1) is 12.2 Å². The first kappa shape index (κ1) is 19.6.